The number of methoxy groups -OCH3 is 1. The van der Waals surface area contributed by atoms with E-state index in [1.54, 1.807) is 17.9 Å². The van der Waals surface area contributed by atoms with Gasteiger partial charge >= 0.3 is 6.01 Å². The summed E-state index contributed by atoms with van der Waals surface area (Å²) >= 11 is 0. The Morgan fingerprint density at radius 3 is 2.93 bits per heavy atom. The molecule has 1 saturated carbocycles. The molecule has 8 nitrogen and oxygen atoms in total. The molecule has 144 valence electrons. The third kappa shape index (κ3) is 3.22. The van der Waals surface area contributed by atoms with Gasteiger partial charge in [-0.25, -0.2) is 14.4 Å². The zero-order chi connectivity index (χ0) is 19.0. The van der Waals surface area contributed by atoms with Crippen LogP contribution in [-0.4, -0.2) is 57.4 Å². The normalized spacial score (nSPS) is 24.1. The average molecular weight is 375 g/mol. The molecule has 4 rings (SSSR count). The standard InChI is InChI=1S/C18H22FN5O3/c1-23-9-14(15(22-23)26-2)16(25)24-8-12-4-3-5-18(12,10-24)11-27-17-20-6-13(19)7-21-17/h6-7,9,12H,3-5,8,10-11H2,1-2H3. The van der Waals surface area contributed by atoms with Crippen LogP contribution in [0.5, 0.6) is 11.9 Å². The lowest BCUT2D eigenvalue weighted by molar-refractivity contribution is 0.0739. The zero-order valence-corrected chi connectivity index (χ0v) is 15.4. The zero-order valence-electron chi connectivity index (χ0n) is 15.4. The first kappa shape index (κ1) is 17.7. The molecular weight excluding hydrogens is 353 g/mol. The number of aromatic nitrogens is 4. The molecule has 0 aromatic carbocycles. The number of ether oxygens (including phenoxy) is 2. The SMILES string of the molecule is COc1nn(C)cc1C(=O)N1CC2CCCC2(COc2ncc(F)cn2)C1. The highest BCUT2D eigenvalue weighted by molar-refractivity contribution is 5.96. The fraction of sp³-hybridized carbons (Fsp3) is 0.556. The van der Waals surface area contributed by atoms with Gasteiger partial charge in [-0.1, -0.05) is 6.42 Å². The van der Waals surface area contributed by atoms with Gasteiger partial charge in [-0.3, -0.25) is 9.48 Å². The Hall–Kier alpha value is -2.71. The number of fused-ring (bicyclic) bond motifs is 1. The van der Waals surface area contributed by atoms with Gasteiger partial charge in [0.15, 0.2) is 5.82 Å². The lowest BCUT2D eigenvalue weighted by Gasteiger charge is -2.28. The summed E-state index contributed by atoms with van der Waals surface area (Å²) in [5.74, 6) is 0.128. The van der Waals surface area contributed by atoms with E-state index in [0.29, 0.717) is 37.1 Å². The van der Waals surface area contributed by atoms with Crippen molar-refractivity contribution in [1.82, 2.24) is 24.6 Å². The molecular formula is C18H22FN5O3. The van der Waals surface area contributed by atoms with Crippen molar-refractivity contribution in [2.75, 3.05) is 26.8 Å². The Labute approximate surface area is 156 Å². The van der Waals surface area contributed by atoms with Crippen LogP contribution in [0.3, 0.4) is 0 Å². The molecule has 2 aromatic rings. The Bertz CT molecular complexity index is 840. The molecule has 1 saturated heterocycles. The van der Waals surface area contributed by atoms with Crippen LogP contribution in [0, 0.1) is 17.2 Å². The van der Waals surface area contributed by atoms with Gasteiger partial charge in [0.1, 0.15) is 5.56 Å². The van der Waals surface area contributed by atoms with E-state index in [9.17, 15) is 9.18 Å². The van der Waals surface area contributed by atoms with E-state index in [1.165, 1.54) is 7.11 Å². The van der Waals surface area contributed by atoms with Crippen LogP contribution in [0.4, 0.5) is 4.39 Å². The quantitative estimate of drug-likeness (QED) is 0.791. The van der Waals surface area contributed by atoms with Crippen molar-refractivity contribution >= 4 is 5.91 Å². The number of carbonyl (C=O) groups excluding carboxylic acids is 1. The maximum absolute atomic E-state index is 13.0. The smallest absolute Gasteiger partial charge is 0.316 e. The highest BCUT2D eigenvalue weighted by Gasteiger charge is 2.51. The van der Waals surface area contributed by atoms with Crippen molar-refractivity contribution in [3.05, 3.63) is 30.0 Å². The second kappa shape index (κ2) is 6.79. The molecule has 1 aliphatic carbocycles. The van der Waals surface area contributed by atoms with Crippen LogP contribution in [0.15, 0.2) is 18.6 Å². The summed E-state index contributed by atoms with van der Waals surface area (Å²) in [6, 6.07) is 0.162. The predicted octanol–water partition coefficient (Wildman–Crippen LogP) is 1.68. The molecule has 2 aromatic heterocycles. The van der Waals surface area contributed by atoms with Crippen LogP contribution in [0.1, 0.15) is 29.6 Å². The Balaban J connectivity index is 1.49. The topological polar surface area (TPSA) is 82.4 Å². The summed E-state index contributed by atoms with van der Waals surface area (Å²) in [6.07, 6.45) is 7.01. The van der Waals surface area contributed by atoms with Crippen molar-refractivity contribution in [2.24, 2.45) is 18.4 Å². The monoisotopic (exact) mass is 375 g/mol. The van der Waals surface area contributed by atoms with Crippen molar-refractivity contribution < 1.29 is 18.7 Å². The molecule has 0 spiro atoms. The first-order valence-electron chi connectivity index (χ1n) is 8.98. The first-order chi connectivity index (χ1) is 13.0. The Morgan fingerprint density at radius 1 is 1.41 bits per heavy atom. The molecule has 1 aliphatic heterocycles. The number of halogens is 1. The summed E-state index contributed by atoms with van der Waals surface area (Å²) < 4.78 is 25.5. The molecule has 2 aliphatic rings. The molecule has 0 N–H and O–H groups in total. The largest absolute Gasteiger partial charge is 0.479 e. The minimum absolute atomic E-state index is 0.0771. The van der Waals surface area contributed by atoms with Gasteiger partial charge in [0.2, 0.25) is 5.88 Å². The van der Waals surface area contributed by atoms with E-state index in [1.807, 2.05) is 4.90 Å². The van der Waals surface area contributed by atoms with Crippen molar-refractivity contribution in [3.8, 4) is 11.9 Å². The number of carbonyl (C=O) groups is 1. The predicted molar refractivity (Wildman–Crippen MR) is 92.9 cm³/mol. The Morgan fingerprint density at radius 2 is 2.19 bits per heavy atom. The van der Waals surface area contributed by atoms with Gasteiger partial charge < -0.3 is 14.4 Å². The summed E-state index contributed by atoms with van der Waals surface area (Å²) in [6.45, 7) is 1.71. The lowest BCUT2D eigenvalue weighted by Crippen LogP contribution is -2.35. The van der Waals surface area contributed by atoms with Gasteiger partial charge in [-0.05, 0) is 18.8 Å². The molecule has 2 atom stereocenters. The van der Waals surface area contributed by atoms with E-state index >= 15 is 0 Å². The molecule has 0 radical (unpaired) electrons. The molecule has 2 unspecified atom stereocenters. The average Bonchev–Trinajstić information content (AvgIpc) is 3.32. The minimum Gasteiger partial charge on any atom is -0.479 e. The van der Waals surface area contributed by atoms with Crippen molar-refractivity contribution in [2.45, 2.75) is 19.3 Å². The van der Waals surface area contributed by atoms with E-state index in [2.05, 4.69) is 15.1 Å². The number of aryl methyl sites for hydroxylation is 1. The fourth-order valence-corrected chi connectivity index (χ4v) is 4.32. The second-order valence-corrected chi connectivity index (χ2v) is 7.34. The number of nitrogens with zero attached hydrogens (tertiary/aromatic N) is 5. The highest BCUT2D eigenvalue weighted by atomic mass is 19.1. The van der Waals surface area contributed by atoms with E-state index < -0.39 is 5.82 Å². The van der Waals surface area contributed by atoms with Crippen molar-refractivity contribution in [1.29, 1.82) is 0 Å². The fourth-order valence-electron chi connectivity index (χ4n) is 4.32. The van der Waals surface area contributed by atoms with Crippen LogP contribution in [0.25, 0.3) is 0 Å². The van der Waals surface area contributed by atoms with Gasteiger partial charge in [-0.15, -0.1) is 5.10 Å². The van der Waals surface area contributed by atoms with Crippen LogP contribution >= 0.6 is 0 Å². The first-order valence-corrected chi connectivity index (χ1v) is 8.98. The highest BCUT2D eigenvalue weighted by Crippen LogP contribution is 2.49. The van der Waals surface area contributed by atoms with Gasteiger partial charge in [0, 0.05) is 31.7 Å². The van der Waals surface area contributed by atoms with Gasteiger partial charge in [0.05, 0.1) is 26.1 Å². The molecule has 1 amide bonds. The van der Waals surface area contributed by atoms with Crippen molar-refractivity contribution in [3.63, 3.8) is 0 Å². The number of rotatable bonds is 5. The van der Waals surface area contributed by atoms with Gasteiger partial charge in [-0.2, -0.15) is 0 Å². The summed E-state index contributed by atoms with van der Waals surface area (Å²) in [7, 11) is 3.27. The Kier molecular flexibility index (Phi) is 4.45. The maximum Gasteiger partial charge on any atom is 0.316 e. The molecule has 2 fully saturated rings. The number of hydrogen-bond donors (Lipinski definition) is 0. The summed E-state index contributed by atoms with van der Waals surface area (Å²) in [5.41, 5.74) is 0.348. The third-order valence-electron chi connectivity index (χ3n) is 5.63. The second-order valence-electron chi connectivity index (χ2n) is 7.34. The van der Waals surface area contributed by atoms with Crippen LogP contribution < -0.4 is 9.47 Å². The molecule has 9 heteroatoms. The molecule has 0 bridgehead atoms. The van der Waals surface area contributed by atoms with Gasteiger partial charge in [0.25, 0.3) is 5.91 Å². The number of amides is 1. The van der Waals surface area contributed by atoms with E-state index in [0.717, 1.165) is 31.7 Å². The van der Waals surface area contributed by atoms with Crippen LogP contribution in [-0.2, 0) is 7.05 Å². The van der Waals surface area contributed by atoms with Crippen LogP contribution in [0.2, 0.25) is 0 Å². The number of hydrogen-bond acceptors (Lipinski definition) is 6. The van der Waals surface area contributed by atoms with E-state index in [4.69, 9.17) is 9.47 Å². The third-order valence-corrected chi connectivity index (χ3v) is 5.63. The summed E-state index contributed by atoms with van der Waals surface area (Å²) in [4.78, 5) is 22.6. The minimum atomic E-state index is -0.498. The summed E-state index contributed by atoms with van der Waals surface area (Å²) in [5, 5.41) is 4.17. The molecule has 3 heterocycles. The molecule has 27 heavy (non-hydrogen) atoms. The maximum atomic E-state index is 13.0. The van der Waals surface area contributed by atoms with E-state index in [-0.39, 0.29) is 17.3 Å². The lowest BCUT2D eigenvalue weighted by atomic mass is 9.82. The number of likely N-dealkylation sites (tertiary alicyclic amines) is 1.